The lowest BCUT2D eigenvalue weighted by Crippen LogP contribution is -2.12. The molecule has 1 aliphatic heterocycles. The van der Waals surface area contributed by atoms with Crippen molar-refractivity contribution in [3.63, 3.8) is 0 Å². The summed E-state index contributed by atoms with van der Waals surface area (Å²) in [7, 11) is 1.74. The van der Waals surface area contributed by atoms with E-state index in [9.17, 15) is 4.79 Å². The van der Waals surface area contributed by atoms with Crippen LogP contribution in [0, 0.1) is 0 Å². The summed E-state index contributed by atoms with van der Waals surface area (Å²) in [5.74, 6) is 0.0949. The minimum atomic E-state index is -0.0370. The van der Waals surface area contributed by atoms with E-state index < -0.39 is 0 Å². The summed E-state index contributed by atoms with van der Waals surface area (Å²) in [5, 5.41) is 5.26. The van der Waals surface area contributed by atoms with Crippen LogP contribution in [0.2, 0.25) is 0 Å². The van der Waals surface area contributed by atoms with Crippen molar-refractivity contribution in [2.45, 2.75) is 6.17 Å². The molecule has 2 N–H and O–H groups in total. The van der Waals surface area contributed by atoms with Crippen LogP contribution in [0.4, 0.5) is 0 Å². The minimum Gasteiger partial charge on any atom is -0.329 e. The van der Waals surface area contributed by atoms with Gasteiger partial charge in [0.1, 0.15) is 0 Å². The molecular formula is C3H6N2O. The van der Waals surface area contributed by atoms with Crippen molar-refractivity contribution >= 4 is 5.91 Å². The first kappa shape index (κ1) is 3.61. The summed E-state index contributed by atoms with van der Waals surface area (Å²) in [4.78, 5) is 9.94. The highest BCUT2D eigenvalue weighted by atomic mass is 16.2. The zero-order chi connectivity index (χ0) is 4.57. The molecule has 1 rings (SSSR count). The Morgan fingerprint density at radius 1 is 2.00 bits per heavy atom. The van der Waals surface area contributed by atoms with Crippen LogP contribution in [0.3, 0.4) is 0 Å². The van der Waals surface area contributed by atoms with Crippen LogP contribution >= 0.6 is 0 Å². The predicted octanol–water partition coefficient (Wildman–Crippen LogP) is -1.34. The molecule has 0 aliphatic carbocycles. The summed E-state index contributed by atoms with van der Waals surface area (Å²) in [5.41, 5.74) is 0. The number of carbonyl (C=O) groups excluding carboxylic acids is 1. The quantitative estimate of drug-likeness (QED) is 0.388. The lowest BCUT2D eigenvalue weighted by molar-refractivity contribution is -0.111. The average Bonchev–Trinajstić information content (AvgIpc) is 2.19. The molecule has 0 bridgehead atoms. The van der Waals surface area contributed by atoms with E-state index in [2.05, 4.69) is 10.6 Å². The molecule has 0 aromatic heterocycles. The highest BCUT2D eigenvalue weighted by Crippen LogP contribution is 1.89. The second kappa shape index (κ2) is 0.944. The fourth-order valence-electron chi connectivity index (χ4n) is 0.304. The lowest BCUT2D eigenvalue weighted by Gasteiger charge is -1.76. The molecule has 0 saturated carbocycles. The number of hydrogen-bond acceptors (Lipinski definition) is 2. The molecule has 0 aromatic carbocycles. The number of rotatable bonds is 1. The third-order valence-corrected chi connectivity index (χ3v) is 0.754. The molecule has 1 atom stereocenters. The van der Waals surface area contributed by atoms with E-state index in [1.165, 1.54) is 0 Å². The summed E-state index contributed by atoms with van der Waals surface area (Å²) in [6.45, 7) is 0. The van der Waals surface area contributed by atoms with E-state index in [0.717, 1.165) is 0 Å². The van der Waals surface area contributed by atoms with Crippen molar-refractivity contribution in [1.82, 2.24) is 10.6 Å². The highest BCUT2D eigenvalue weighted by Gasteiger charge is 2.30. The summed E-state index contributed by atoms with van der Waals surface area (Å²) < 4.78 is 0. The van der Waals surface area contributed by atoms with Gasteiger partial charge in [0.25, 0.3) is 5.91 Å². The number of nitrogens with one attached hydrogen (secondary N) is 2. The van der Waals surface area contributed by atoms with Gasteiger partial charge in [0, 0.05) is 0 Å². The van der Waals surface area contributed by atoms with Crippen LogP contribution in [-0.2, 0) is 4.79 Å². The first-order valence-corrected chi connectivity index (χ1v) is 1.82. The van der Waals surface area contributed by atoms with Crippen molar-refractivity contribution in [3.05, 3.63) is 0 Å². The molecule has 1 heterocycles. The number of amides is 1. The monoisotopic (exact) mass is 86.0 g/mol. The van der Waals surface area contributed by atoms with E-state index >= 15 is 0 Å². The third kappa shape index (κ3) is 0.367. The molecule has 1 unspecified atom stereocenters. The molecule has 0 aromatic rings. The Labute approximate surface area is 35.7 Å². The SMILES string of the molecule is CNC1NC1=O. The van der Waals surface area contributed by atoms with Gasteiger partial charge in [0.2, 0.25) is 0 Å². The Bertz CT molecular complexity index is 80.9. The Balaban J connectivity index is 2.26. The van der Waals surface area contributed by atoms with Gasteiger partial charge in [-0.1, -0.05) is 0 Å². The zero-order valence-corrected chi connectivity index (χ0v) is 3.49. The number of carbonyl (C=O) groups is 1. The topological polar surface area (TPSA) is 51.0 Å². The smallest absolute Gasteiger partial charge is 0.259 e. The maximum absolute atomic E-state index is 9.94. The van der Waals surface area contributed by atoms with Gasteiger partial charge in [-0.05, 0) is 7.05 Å². The Morgan fingerprint density at radius 3 is 2.50 bits per heavy atom. The fraction of sp³-hybridized carbons (Fsp3) is 0.667. The lowest BCUT2D eigenvalue weighted by atomic mass is 10.7. The van der Waals surface area contributed by atoms with E-state index in [1.54, 1.807) is 7.05 Å². The molecule has 6 heavy (non-hydrogen) atoms. The van der Waals surface area contributed by atoms with E-state index in [1.807, 2.05) is 0 Å². The molecule has 3 heteroatoms. The summed E-state index contributed by atoms with van der Waals surface area (Å²) in [6, 6.07) is 0. The van der Waals surface area contributed by atoms with Crippen molar-refractivity contribution in [2.75, 3.05) is 7.05 Å². The Hall–Kier alpha value is -0.570. The average molecular weight is 86.1 g/mol. The summed E-state index contributed by atoms with van der Waals surface area (Å²) in [6.07, 6.45) is -0.0370. The van der Waals surface area contributed by atoms with Gasteiger partial charge in [-0.25, -0.2) is 0 Å². The Kier molecular flexibility index (Phi) is 0.569. The largest absolute Gasteiger partial charge is 0.329 e. The second-order valence-corrected chi connectivity index (χ2v) is 1.23. The van der Waals surface area contributed by atoms with Crippen molar-refractivity contribution < 1.29 is 4.79 Å². The Morgan fingerprint density at radius 2 is 2.50 bits per heavy atom. The first-order chi connectivity index (χ1) is 2.84. The van der Waals surface area contributed by atoms with Gasteiger partial charge in [-0.15, -0.1) is 0 Å². The summed E-state index contributed by atoms with van der Waals surface area (Å²) >= 11 is 0. The maximum Gasteiger partial charge on any atom is 0.259 e. The molecule has 3 nitrogen and oxygen atoms in total. The second-order valence-electron chi connectivity index (χ2n) is 1.23. The molecule has 34 valence electrons. The van der Waals surface area contributed by atoms with Crippen LogP contribution in [0.5, 0.6) is 0 Å². The molecule has 1 saturated heterocycles. The standard InChI is InChI=1S/C3H6N2O/c1-4-2-3(6)5-2/h2,4H,1H3,(H,5,6). The van der Waals surface area contributed by atoms with E-state index in [0.29, 0.717) is 0 Å². The van der Waals surface area contributed by atoms with Gasteiger partial charge < -0.3 is 5.32 Å². The van der Waals surface area contributed by atoms with Gasteiger partial charge in [-0.3, -0.25) is 10.1 Å². The minimum absolute atomic E-state index is 0.0370. The molecule has 1 amide bonds. The molecule has 1 fully saturated rings. The van der Waals surface area contributed by atoms with Crippen LogP contribution in [0.15, 0.2) is 0 Å². The number of likely N-dealkylation sites (N-methyl/N-ethyl adjacent to an activating group) is 1. The third-order valence-electron chi connectivity index (χ3n) is 0.754. The number of hydrogen-bond donors (Lipinski definition) is 2. The zero-order valence-electron chi connectivity index (χ0n) is 3.49. The highest BCUT2D eigenvalue weighted by molar-refractivity contribution is 5.95. The molecule has 0 spiro atoms. The van der Waals surface area contributed by atoms with Crippen molar-refractivity contribution in [3.8, 4) is 0 Å². The molecule has 1 aliphatic rings. The van der Waals surface area contributed by atoms with Crippen LogP contribution in [-0.4, -0.2) is 19.1 Å². The molecule has 0 radical (unpaired) electrons. The van der Waals surface area contributed by atoms with Gasteiger partial charge in [0.05, 0.1) is 0 Å². The van der Waals surface area contributed by atoms with E-state index in [4.69, 9.17) is 0 Å². The van der Waals surface area contributed by atoms with Crippen LogP contribution < -0.4 is 10.6 Å². The predicted molar refractivity (Wildman–Crippen MR) is 21.0 cm³/mol. The normalized spacial score (nSPS) is 29.5. The first-order valence-electron chi connectivity index (χ1n) is 1.82. The van der Waals surface area contributed by atoms with Gasteiger partial charge >= 0.3 is 0 Å². The maximum atomic E-state index is 9.94. The fourth-order valence-corrected chi connectivity index (χ4v) is 0.304. The van der Waals surface area contributed by atoms with Crippen LogP contribution in [0.25, 0.3) is 0 Å². The molecular weight excluding hydrogens is 80.0 g/mol. The van der Waals surface area contributed by atoms with Gasteiger partial charge in [0.15, 0.2) is 6.17 Å². The van der Waals surface area contributed by atoms with E-state index in [-0.39, 0.29) is 12.1 Å². The van der Waals surface area contributed by atoms with Gasteiger partial charge in [-0.2, -0.15) is 0 Å². The van der Waals surface area contributed by atoms with Crippen LogP contribution in [0.1, 0.15) is 0 Å². The van der Waals surface area contributed by atoms with Crippen molar-refractivity contribution in [2.24, 2.45) is 0 Å². The van der Waals surface area contributed by atoms with Crippen molar-refractivity contribution in [1.29, 1.82) is 0 Å².